The zero-order valence-electron chi connectivity index (χ0n) is 11.8. The van der Waals surface area contributed by atoms with Crippen molar-refractivity contribution in [2.24, 2.45) is 0 Å². The first-order valence-corrected chi connectivity index (χ1v) is 6.44. The lowest BCUT2D eigenvalue weighted by molar-refractivity contribution is -0.138. The maximum absolute atomic E-state index is 12.8. The number of phenolic OH excluding ortho intramolecular Hbond substituents is 1. The number of halogens is 3. The molecule has 0 aliphatic rings. The van der Waals surface area contributed by atoms with Gasteiger partial charge < -0.3 is 10.0 Å². The van der Waals surface area contributed by atoms with Gasteiger partial charge in [-0.05, 0) is 36.8 Å². The molecular weight excluding hydrogens is 279 g/mol. The van der Waals surface area contributed by atoms with Crippen LogP contribution in [0.1, 0.15) is 16.7 Å². The lowest BCUT2D eigenvalue weighted by Crippen LogP contribution is -2.17. The van der Waals surface area contributed by atoms with E-state index in [0.717, 1.165) is 23.4 Å². The van der Waals surface area contributed by atoms with Crippen LogP contribution in [0.5, 0.6) is 5.75 Å². The van der Waals surface area contributed by atoms with Crippen LogP contribution in [-0.4, -0.2) is 12.2 Å². The van der Waals surface area contributed by atoms with Gasteiger partial charge in [-0.1, -0.05) is 23.8 Å². The van der Waals surface area contributed by atoms with Gasteiger partial charge in [0.05, 0.1) is 5.56 Å². The Balaban J connectivity index is 2.21. The first kappa shape index (κ1) is 15.2. The second kappa shape index (κ2) is 5.68. The number of nitrogens with zero attached hydrogens (tertiary/aromatic N) is 1. The van der Waals surface area contributed by atoms with Gasteiger partial charge in [-0.25, -0.2) is 0 Å². The summed E-state index contributed by atoms with van der Waals surface area (Å²) in [7, 11) is 1.81. The quantitative estimate of drug-likeness (QED) is 0.909. The van der Waals surface area contributed by atoms with E-state index in [-0.39, 0.29) is 0 Å². The fraction of sp³-hybridized carbons (Fsp3) is 0.250. The highest BCUT2D eigenvalue weighted by Gasteiger charge is 2.34. The highest BCUT2D eigenvalue weighted by atomic mass is 19.4. The van der Waals surface area contributed by atoms with E-state index < -0.39 is 17.5 Å². The lowest BCUT2D eigenvalue weighted by atomic mass is 10.1. The van der Waals surface area contributed by atoms with Crippen molar-refractivity contribution < 1.29 is 18.3 Å². The number of phenols is 1. The first-order chi connectivity index (χ1) is 9.77. The van der Waals surface area contributed by atoms with E-state index in [1.54, 1.807) is 0 Å². The van der Waals surface area contributed by atoms with Crippen LogP contribution in [-0.2, 0) is 12.7 Å². The van der Waals surface area contributed by atoms with Crippen molar-refractivity contribution >= 4 is 5.69 Å². The van der Waals surface area contributed by atoms with Gasteiger partial charge in [-0.2, -0.15) is 13.2 Å². The van der Waals surface area contributed by atoms with E-state index in [4.69, 9.17) is 0 Å². The minimum Gasteiger partial charge on any atom is -0.507 e. The number of hydrogen-bond donors (Lipinski definition) is 1. The molecule has 0 unspecified atom stereocenters. The van der Waals surface area contributed by atoms with Gasteiger partial charge >= 0.3 is 6.18 Å². The maximum Gasteiger partial charge on any atom is 0.419 e. The van der Waals surface area contributed by atoms with Crippen molar-refractivity contribution in [2.45, 2.75) is 19.6 Å². The molecule has 0 aromatic heterocycles. The third-order valence-corrected chi connectivity index (χ3v) is 3.26. The first-order valence-electron chi connectivity index (χ1n) is 6.44. The molecule has 0 radical (unpaired) electrons. The summed E-state index contributed by atoms with van der Waals surface area (Å²) in [5, 5.41) is 9.32. The second-order valence-electron chi connectivity index (χ2n) is 5.04. The Morgan fingerprint density at radius 3 is 2.24 bits per heavy atom. The van der Waals surface area contributed by atoms with Crippen molar-refractivity contribution in [2.75, 3.05) is 11.9 Å². The van der Waals surface area contributed by atoms with Crippen molar-refractivity contribution in [3.63, 3.8) is 0 Å². The molecule has 21 heavy (non-hydrogen) atoms. The largest absolute Gasteiger partial charge is 0.507 e. The molecule has 0 atom stereocenters. The summed E-state index contributed by atoms with van der Waals surface area (Å²) in [4.78, 5) is 1.85. The van der Waals surface area contributed by atoms with E-state index in [9.17, 15) is 18.3 Å². The lowest BCUT2D eigenvalue weighted by Gasteiger charge is -2.20. The molecule has 0 aliphatic heterocycles. The third-order valence-electron chi connectivity index (χ3n) is 3.26. The summed E-state index contributed by atoms with van der Waals surface area (Å²) in [5.41, 5.74) is 1.53. The standard InChI is InChI=1S/C16H16F3NO/c1-11-3-6-13(7-4-11)20(2)10-12-5-8-15(21)14(9-12)16(17,18)19/h3-9,21H,10H2,1-2H3. The average Bonchev–Trinajstić information content (AvgIpc) is 2.40. The predicted molar refractivity (Wildman–Crippen MR) is 76.4 cm³/mol. The molecule has 0 aliphatic carbocycles. The van der Waals surface area contributed by atoms with Gasteiger partial charge in [0, 0.05) is 19.3 Å². The molecule has 0 bridgehead atoms. The molecule has 0 saturated heterocycles. The Kier molecular flexibility index (Phi) is 4.11. The molecule has 0 saturated carbocycles. The van der Waals surface area contributed by atoms with E-state index in [1.807, 2.05) is 43.1 Å². The van der Waals surface area contributed by atoms with Crippen LogP contribution in [0.4, 0.5) is 18.9 Å². The minimum atomic E-state index is -4.55. The molecule has 112 valence electrons. The minimum absolute atomic E-state index is 0.326. The Labute approximate surface area is 121 Å². The van der Waals surface area contributed by atoms with Crippen LogP contribution in [0, 0.1) is 6.92 Å². The Morgan fingerprint density at radius 2 is 1.67 bits per heavy atom. The molecule has 0 fully saturated rings. The van der Waals surface area contributed by atoms with Crippen LogP contribution in [0.15, 0.2) is 42.5 Å². The SMILES string of the molecule is Cc1ccc(N(C)Cc2ccc(O)c(C(F)(F)F)c2)cc1. The second-order valence-corrected chi connectivity index (χ2v) is 5.04. The van der Waals surface area contributed by atoms with Gasteiger partial charge in [-0.15, -0.1) is 0 Å². The van der Waals surface area contributed by atoms with Crippen LogP contribution in [0.25, 0.3) is 0 Å². The summed E-state index contributed by atoms with van der Waals surface area (Å²) in [6, 6.07) is 11.3. The predicted octanol–water partition coefficient (Wildman–Crippen LogP) is 4.36. The highest BCUT2D eigenvalue weighted by Crippen LogP contribution is 2.36. The Hall–Kier alpha value is -2.17. The number of aryl methyl sites for hydroxylation is 1. The summed E-state index contributed by atoms with van der Waals surface area (Å²) in [6.45, 7) is 2.30. The van der Waals surface area contributed by atoms with E-state index >= 15 is 0 Å². The van der Waals surface area contributed by atoms with Gasteiger partial charge in [0.25, 0.3) is 0 Å². The van der Waals surface area contributed by atoms with Crippen molar-refractivity contribution in [3.8, 4) is 5.75 Å². The highest BCUT2D eigenvalue weighted by molar-refractivity contribution is 5.48. The summed E-state index contributed by atoms with van der Waals surface area (Å²) in [5.74, 6) is -0.746. The molecule has 0 amide bonds. The summed E-state index contributed by atoms with van der Waals surface area (Å²) < 4.78 is 38.3. The number of aromatic hydroxyl groups is 1. The zero-order valence-corrected chi connectivity index (χ0v) is 11.8. The summed E-state index contributed by atoms with van der Waals surface area (Å²) in [6.07, 6.45) is -4.55. The smallest absolute Gasteiger partial charge is 0.419 e. The van der Waals surface area contributed by atoms with Crippen LogP contribution in [0.3, 0.4) is 0 Å². The Morgan fingerprint density at radius 1 is 1.05 bits per heavy atom. The fourth-order valence-electron chi connectivity index (χ4n) is 2.07. The van der Waals surface area contributed by atoms with E-state index in [0.29, 0.717) is 12.1 Å². The number of anilines is 1. The van der Waals surface area contributed by atoms with Crippen molar-refractivity contribution in [3.05, 3.63) is 59.2 Å². The third kappa shape index (κ3) is 3.68. The normalized spacial score (nSPS) is 11.5. The molecule has 0 spiro atoms. The molecule has 1 N–H and O–H groups in total. The van der Waals surface area contributed by atoms with Crippen LogP contribution < -0.4 is 4.90 Å². The van der Waals surface area contributed by atoms with Crippen LogP contribution >= 0.6 is 0 Å². The van der Waals surface area contributed by atoms with Gasteiger partial charge in [0.2, 0.25) is 0 Å². The monoisotopic (exact) mass is 295 g/mol. The average molecular weight is 295 g/mol. The molecule has 5 heteroatoms. The fourth-order valence-corrected chi connectivity index (χ4v) is 2.07. The van der Waals surface area contributed by atoms with Gasteiger partial charge in [0.15, 0.2) is 0 Å². The summed E-state index contributed by atoms with van der Waals surface area (Å²) >= 11 is 0. The topological polar surface area (TPSA) is 23.5 Å². The molecule has 2 aromatic rings. The van der Waals surface area contributed by atoms with E-state index in [2.05, 4.69) is 0 Å². The van der Waals surface area contributed by atoms with Gasteiger partial charge in [-0.3, -0.25) is 0 Å². The molecular formula is C16H16F3NO. The number of rotatable bonds is 3. The Bertz CT molecular complexity index is 620. The van der Waals surface area contributed by atoms with Gasteiger partial charge in [0.1, 0.15) is 5.75 Å². The van der Waals surface area contributed by atoms with Crippen molar-refractivity contribution in [1.29, 1.82) is 0 Å². The number of benzene rings is 2. The number of alkyl halides is 3. The molecule has 2 aromatic carbocycles. The maximum atomic E-state index is 12.8. The molecule has 2 nitrogen and oxygen atoms in total. The van der Waals surface area contributed by atoms with Crippen molar-refractivity contribution in [1.82, 2.24) is 0 Å². The zero-order chi connectivity index (χ0) is 15.6. The molecule has 2 rings (SSSR count). The molecule has 0 heterocycles. The van der Waals surface area contributed by atoms with Crippen LogP contribution in [0.2, 0.25) is 0 Å². The van der Waals surface area contributed by atoms with E-state index in [1.165, 1.54) is 6.07 Å². The number of hydrogen-bond acceptors (Lipinski definition) is 2.